The first-order valence-corrected chi connectivity index (χ1v) is 7.63. The predicted octanol–water partition coefficient (Wildman–Crippen LogP) is 4.97. The van der Waals surface area contributed by atoms with Crippen molar-refractivity contribution in [2.45, 2.75) is 59.8 Å². The summed E-state index contributed by atoms with van der Waals surface area (Å²) in [6.07, 6.45) is 1.93. The molecule has 0 amide bonds. The molecule has 0 N–H and O–H groups in total. The molecular weight excluding hydrogens is 244 g/mol. The van der Waals surface area contributed by atoms with Gasteiger partial charge in [0.15, 0.2) is 0 Å². The van der Waals surface area contributed by atoms with Crippen molar-refractivity contribution in [3.63, 3.8) is 0 Å². The lowest BCUT2D eigenvalue weighted by Gasteiger charge is -2.23. The molecule has 0 spiro atoms. The van der Waals surface area contributed by atoms with Gasteiger partial charge in [-0.1, -0.05) is 52.7 Å². The molecule has 0 aliphatic carbocycles. The minimum atomic E-state index is 0.0961. The first-order valence-electron chi connectivity index (χ1n) is 7.63. The average Bonchev–Trinajstić information content (AvgIpc) is 2.37. The van der Waals surface area contributed by atoms with Crippen LogP contribution in [-0.2, 0) is 11.8 Å². The van der Waals surface area contributed by atoms with E-state index in [1.54, 1.807) is 0 Å². The van der Waals surface area contributed by atoms with E-state index < -0.39 is 0 Å². The van der Waals surface area contributed by atoms with Gasteiger partial charge in [0.2, 0.25) is 0 Å². The number of ether oxygens (including phenoxy) is 1. The van der Waals surface area contributed by atoms with Gasteiger partial charge in [-0.3, -0.25) is 0 Å². The molecule has 1 atom stereocenters. The van der Waals surface area contributed by atoms with Gasteiger partial charge in [0.1, 0.15) is 5.75 Å². The molecule has 0 aliphatic heterocycles. The Labute approximate surface area is 124 Å². The van der Waals surface area contributed by atoms with E-state index in [1.165, 1.54) is 11.1 Å². The second kappa shape index (κ2) is 7.39. The maximum absolute atomic E-state index is 5.76. The van der Waals surface area contributed by atoms with Gasteiger partial charge in [0, 0.05) is 12.3 Å². The van der Waals surface area contributed by atoms with Crippen LogP contribution in [0.2, 0.25) is 0 Å². The molecule has 0 radical (unpaired) electrons. The Morgan fingerprint density at radius 1 is 1.20 bits per heavy atom. The lowest BCUT2D eigenvalue weighted by molar-refractivity contribution is 0.329. The van der Waals surface area contributed by atoms with Crippen LogP contribution in [0.3, 0.4) is 0 Å². The van der Waals surface area contributed by atoms with E-state index in [9.17, 15) is 0 Å². The van der Waals surface area contributed by atoms with Crippen LogP contribution in [0.5, 0.6) is 5.75 Å². The zero-order valence-electron chi connectivity index (χ0n) is 13.8. The van der Waals surface area contributed by atoms with Crippen molar-refractivity contribution in [1.82, 2.24) is 0 Å². The summed E-state index contributed by atoms with van der Waals surface area (Å²) in [5.74, 6) is 7.88. The fourth-order valence-electron chi connectivity index (χ4n) is 2.25. The summed E-state index contributed by atoms with van der Waals surface area (Å²) in [4.78, 5) is 0. The molecule has 0 saturated heterocycles. The van der Waals surface area contributed by atoms with E-state index in [0.717, 1.165) is 18.6 Å². The van der Waals surface area contributed by atoms with E-state index in [2.05, 4.69) is 64.7 Å². The third-order valence-electron chi connectivity index (χ3n) is 3.22. The summed E-state index contributed by atoms with van der Waals surface area (Å²) in [5.41, 5.74) is 2.72. The van der Waals surface area contributed by atoms with Gasteiger partial charge in [-0.15, -0.1) is 5.92 Å². The standard InChI is InChI=1S/C19H28O/c1-7-9-10-15(3)13-16-11-12-18(20-8-2)17(14-16)19(4,5)6/h11-12,14-15H,7-8,13H2,1-6H3. The Hall–Kier alpha value is -1.42. The van der Waals surface area contributed by atoms with E-state index >= 15 is 0 Å². The molecule has 110 valence electrons. The molecule has 0 aromatic heterocycles. The Bertz CT molecular complexity index is 483. The fourth-order valence-corrected chi connectivity index (χ4v) is 2.25. The zero-order chi connectivity index (χ0) is 15.2. The van der Waals surface area contributed by atoms with Gasteiger partial charge in [-0.25, -0.2) is 0 Å². The molecule has 1 unspecified atom stereocenters. The van der Waals surface area contributed by atoms with Crippen LogP contribution in [-0.4, -0.2) is 6.61 Å². The summed E-state index contributed by atoms with van der Waals surface area (Å²) < 4.78 is 5.76. The predicted molar refractivity (Wildman–Crippen MR) is 87.2 cm³/mol. The van der Waals surface area contributed by atoms with Crippen molar-refractivity contribution in [3.05, 3.63) is 29.3 Å². The smallest absolute Gasteiger partial charge is 0.123 e. The zero-order valence-corrected chi connectivity index (χ0v) is 13.8. The molecule has 1 heteroatoms. The molecule has 1 nitrogen and oxygen atoms in total. The highest BCUT2D eigenvalue weighted by molar-refractivity contribution is 5.42. The van der Waals surface area contributed by atoms with Crippen molar-refractivity contribution in [2.24, 2.45) is 5.92 Å². The van der Waals surface area contributed by atoms with Gasteiger partial charge < -0.3 is 4.74 Å². The second-order valence-electron chi connectivity index (χ2n) is 6.29. The molecule has 0 aliphatic rings. The first kappa shape index (κ1) is 16.6. The normalized spacial score (nSPS) is 12.5. The molecule has 1 aromatic carbocycles. The highest BCUT2D eigenvalue weighted by atomic mass is 16.5. The Kier molecular flexibility index (Phi) is 6.14. The number of hydrogen-bond donors (Lipinski definition) is 0. The van der Waals surface area contributed by atoms with Crippen LogP contribution < -0.4 is 4.74 Å². The highest BCUT2D eigenvalue weighted by Crippen LogP contribution is 2.32. The average molecular weight is 272 g/mol. The van der Waals surface area contributed by atoms with E-state index in [0.29, 0.717) is 12.5 Å². The summed E-state index contributed by atoms with van der Waals surface area (Å²) >= 11 is 0. The van der Waals surface area contributed by atoms with Crippen molar-refractivity contribution in [3.8, 4) is 17.6 Å². The third-order valence-corrected chi connectivity index (χ3v) is 3.22. The summed E-state index contributed by atoms with van der Waals surface area (Å²) in [7, 11) is 0. The molecule has 1 aromatic rings. The fraction of sp³-hybridized carbons (Fsp3) is 0.579. The van der Waals surface area contributed by atoms with Gasteiger partial charge in [0.05, 0.1) is 6.61 Å². The van der Waals surface area contributed by atoms with Crippen LogP contribution in [0.25, 0.3) is 0 Å². The highest BCUT2D eigenvalue weighted by Gasteiger charge is 2.19. The largest absolute Gasteiger partial charge is 0.494 e. The van der Waals surface area contributed by atoms with Crippen LogP contribution in [0.15, 0.2) is 18.2 Å². The first-order chi connectivity index (χ1) is 9.38. The van der Waals surface area contributed by atoms with Crippen LogP contribution in [0.1, 0.15) is 59.1 Å². The quantitative estimate of drug-likeness (QED) is 0.703. The number of benzene rings is 1. The van der Waals surface area contributed by atoms with E-state index in [1.807, 2.05) is 6.92 Å². The molecule has 0 saturated carbocycles. The van der Waals surface area contributed by atoms with Crippen molar-refractivity contribution < 1.29 is 4.74 Å². The molecule has 0 heterocycles. The molecule has 1 rings (SSSR count). The molecule has 0 fully saturated rings. The topological polar surface area (TPSA) is 9.23 Å². The van der Waals surface area contributed by atoms with Gasteiger partial charge in [0.25, 0.3) is 0 Å². The maximum Gasteiger partial charge on any atom is 0.123 e. The lowest BCUT2D eigenvalue weighted by atomic mass is 9.84. The molecule has 20 heavy (non-hydrogen) atoms. The molecular formula is C19H28O. The summed E-state index contributed by atoms with van der Waals surface area (Å²) in [5, 5.41) is 0. The summed E-state index contributed by atoms with van der Waals surface area (Å²) in [6.45, 7) is 13.7. The second-order valence-corrected chi connectivity index (χ2v) is 6.29. The minimum absolute atomic E-state index is 0.0961. The van der Waals surface area contributed by atoms with Crippen molar-refractivity contribution in [2.75, 3.05) is 6.61 Å². The Morgan fingerprint density at radius 3 is 2.45 bits per heavy atom. The van der Waals surface area contributed by atoms with Gasteiger partial charge >= 0.3 is 0 Å². The van der Waals surface area contributed by atoms with Crippen LogP contribution in [0.4, 0.5) is 0 Å². The van der Waals surface area contributed by atoms with Crippen LogP contribution in [0, 0.1) is 17.8 Å². The molecule has 0 bridgehead atoms. The third kappa shape index (κ3) is 4.93. The lowest BCUT2D eigenvalue weighted by Crippen LogP contribution is -2.14. The van der Waals surface area contributed by atoms with Crippen molar-refractivity contribution in [1.29, 1.82) is 0 Å². The summed E-state index contributed by atoms with van der Waals surface area (Å²) in [6, 6.07) is 6.57. The maximum atomic E-state index is 5.76. The number of rotatable bonds is 4. The SMILES string of the molecule is CCC#CC(C)Cc1ccc(OCC)c(C(C)(C)C)c1. The van der Waals surface area contributed by atoms with Crippen molar-refractivity contribution >= 4 is 0 Å². The van der Waals surface area contributed by atoms with E-state index in [4.69, 9.17) is 4.74 Å². The minimum Gasteiger partial charge on any atom is -0.494 e. The van der Waals surface area contributed by atoms with Gasteiger partial charge in [-0.05, 0) is 36.0 Å². The van der Waals surface area contributed by atoms with Gasteiger partial charge in [-0.2, -0.15) is 0 Å². The Morgan fingerprint density at radius 2 is 1.90 bits per heavy atom. The Balaban J connectivity index is 3.00. The monoisotopic (exact) mass is 272 g/mol. The van der Waals surface area contributed by atoms with E-state index in [-0.39, 0.29) is 5.41 Å². The van der Waals surface area contributed by atoms with Crippen LogP contribution >= 0.6 is 0 Å². The number of hydrogen-bond acceptors (Lipinski definition) is 1.